The van der Waals surface area contributed by atoms with Crippen LogP contribution in [0.25, 0.3) is 11.4 Å². The zero-order valence-electron chi connectivity index (χ0n) is 14.7. The Morgan fingerprint density at radius 3 is 2.92 bits per heavy atom. The van der Waals surface area contributed by atoms with Crippen LogP contribution in [-0.2, 0) is 4.79 Å². The van der Waals surface area contributed by atoms with Crippen molar-refractivity contribution in [2.75, 3.05) is 0 Å². The van der Waals surface area contributed by atoms with Crippen LogP contribution in [0.2, 0.25) is 0 Å². The molecule has 0 aromatic carbocycles. The molecule has 7 heteroatoms. The molecule has 1 aliphatic rings. The number of pyridine rings is 1. The Morgan fingerprint density at radius 2 is 2.28 bits per heavy atom. The summed E-state index contributed by atoms with van der Waals surface area (Å²) in [6.45, 7) is 4.03. The molecule has 3 atom stereocenters. The molecular weight excluding hydrogens is 318 g/mol. The number of hydrogen-bond donors (Lipinski definition) is 2. The van der Waals surface area contributed by atoms with Crippen molar-refractivity contribution in [2.24, 2.45) is 17.6 Å². The Kier molecular flexibility index (Phi) is 5.43. The fraction of sp³-hybridized carbons (Fsp3) is 0.556. The van der Waals surface area contributed by atoms with Gasteiger partial charge in [-0.25, -0.2) is 0 Å². The molecule has 25 heavy (non-hydrogen) atoms. The largest absolute Gasteiger partial charge is 0.344 e. The number of carbonyl (C=O) groups excluding carboxylic acids is 1. The minimum Gasteiger partial charge on any atom is -0.344 e. The summed E-state index contributed by atoms with van der Waals surface area (Å²) in [7, 11) is 0. The van der Waals surface area contributed by atoms with E-state index in [9.17, 15) is 4.79 Å². The zero-order valence-corrected chi connectivity index (χ0v) is 14.7. The van der Waals surface area contributed by atoms with E-state index in [0.29, 0.717) is 18.1 Å². The highest BCUT2D eigenvalue weighted by molar-refractivity contribution is 5.76. The third kappa shape index (κ3) is 4.22. The number of aromatic nitrogens is 3. The lowest BCUT2D eigenvalue weighted by Crippen LogP contribution is -2.35. The second-order valence-corrected chi connectivity index (χ2v) is 7.05. The average molecular weight is 343 g/mol. The highest BCUT2D eigenvalue weighted by Gasteiger charge is 2.29. The van der Waals surface area contributed by atoms with E-state index < -0.39 is 0 Å². The first kappa shape index (κ1) is 17.5. The molecule has 1 unspecified atom stereocenters. The van der Waals surface area contributed by atoms with Gasteiger partial charge in [-0.15, -0.1) is 0 Å². The molecule has 0 spiro atoms. The summed E-state index contributed by atoms with van der Waals surface area (Å²) < 4.78 is 5.41. The van der Waals surface area contributed by atoms with Gasteiger partial charge in [-0.05, 0) is 36.8 Å². The fourth-order valence-electron chi connectivity index (χ4n) is 3.28. The number of nitrogens with two attached hydrogens (primary N) is 1. The Balaban J connectivity index is 1.69. The molecule has 1 saturated carbocycles. The van der Waals surface area contributed by atoms with E-state index >= 15 is 0 Å². The molecule has 1 amide bonds. The molecule has 0 radical (unpaired) electrons. The van der Waals surface area contributed by atoms with E-state index in [0.717, 1.165) is 24.8 Å². The smallest absolute Gasteiger partial charge is 0.249 e. The van der Waals surface area contributed by atoms with Gasteiger partial charge in [0.2, 0.25) is 17.6 Å². The minimum atomic E-state index is -0.317. The molecule has 134 valence electrons. The normalized spacial score (nSPS) is 21.4. The number of rotatable bonds is 6. The number of carbonyl (C=O) groups is 1. The Bertz CT molecular complexity index is 701. The fourth-order valence-corrected chi connectivity index (χ4v) is 3.28. The number of amides is 1. The molecule has 0 saturated heterocycles. The molecule has 2 aromatic rings. The van der Waals surface area contributed by atoms with E-state index in [1.807, 2.05) is 26.0 Å². The maximum Gasteiger partial charge on any atom is 0.249 e. The van der Waals surface area contributed by atoms with Crippen molar-refractivity contribution in [3.8, 4) is 11.4 Å². The second-order valence-electron chi connectivity index (χ2n) is 7.05. The van der Waals surface area contributed by atoms with Gasteiger partial charge >= 0.3 is 0 Å². The van der Waals surface area contributed by atoms with Crippen LogP contribution in [0.1, 0.15) is 51.5 Å². The lowest BCUT2D eigenvalue weighted by atomic mass is 9.98. The van der Waals surface area contributed by atoms with Gasteiger partial charge in [0.25, 0.3) is 0 Å². The molecule has 2 heterocycles. The van der Waals surface area contributed by atoms with Crippen LogP contribution in [-0.4, -0.2) is 27.1 Å². The predicted octanol–water partition coefficient (Wildman–Crippen LogP) is 2.46. The van der Waals surface area contributed by atoms with E-state index in [2.05, 4.69) is 20.4 Å². The summed E-state index contributed by atoms with van der Waals surface area (Å²) in [5.41, 5.74) is 6.85. The predicted molar refractivity (Wildman–Crippen MR) is 93.2 cm³/mol. The lowest BCUT2D eigenvalue weighted by molar-refractivity contribution is -0.123. The first-order valence-corrected chi connectivity index (χ1v) is 8.83. The van der Waals surface area contributed by atoms with Crippen LogP contribution >= 0.6 is 0 Å². The van der Waals surface area contributed by atoms with Crippen molar-refractivity contribution in [3.05, 3.63) is 30.4 Å². The molecule has 0 bridgehead atoms. The van der Waals surface area contributed by atoms with E-state index in [1.54, 1.807) is 12.4 Å². The van der Waals surface area contributed by atoms with Gasteiger partial charge in [0.15, 0.2) is 0 Å². The van der Waals surface area contributed by atoms with Gasteiger partial charge in [-0.1, -0.05) is 25.4 Å². The van der Waals surface area contributed by atoms with Crippen LogP contribution in [0.4, 0.5) is 0 Å². The average Bonchev–Trinajstić information content (AvgIpc) is 3.23. The number of nitrogens with zero attached hydrogens (tertiary/aromatic N) is 3. The minimum absolute atomic E-state index is 0.0119. The summed E-state index contributed by atoms with van der Waals surface area (Å²) in [4.78, 5) is 20.9. The third-order valence-corrected chi connectivity index (χ3v) is 4.78. The van der Waals surface area contributed by atoms with Crippen molar-refractivity contribution < 1.29 is 9.32 Å². The van der Waals surface area contributed by atoms with Crippen LogP contribution in [0.5, 0.6) is 0 Å². The standard InChI is InChI=1S/C18H25N5O2/c1-11(2)16(21-15(24)9-12-5-3-7-14(12)19)18-22-17(23-25-18)13-6-4-8-20-10-13/h4,6,8,10-12,14,16H,3,5,7,9,19H2,1-2H3,(H,21,24)/t12-,14+,16?/m0/s1. The van der Waals surface area contributed by atoms with Gasteiger partial charge in [-0.2, -0.15) is 4.98 Å². The van der Waals surface area contributed by atoms with Crippen LogP contribution < -0.4 is 11.1 Å². The first-order chi connectivity index (χ1) is 12.0. The van der Waals surface area contributed by atoms with Crippen molar-refractivity contribution in [1.29, 1.82) is 0 Å². The van der Waals surface area contributed by atoms with Gasteiger partial charge < -0.3 is 15.6 Å². The molecule has 1 aliphatic carbocycles. The summed E-state index contributed by atoms with van der Waals surface area (Å²) >= 11 is 0. The van der Waals surface area contributed by atoms with Crippen LogP contribution in [0.3, 0.4) is 0 Å². The molecular formula is C18H25N5O2. The zero-order chi connectivity index (χ0) is 17.8. The Morgan fingerprint density at radius 1 is 1.44 bits per heavy atom. The monoisotopic (exact) mass is 343 g/mol. The summed E-state index contributed by atoms with van der Waals surface area (Å²) in [6, 6.07) is 3.50. The van der Waals surface area contributed by atoms with Gasteiger partial charge in [0.1, 0.15) is 6.04 Å². The highest BCUT2D eigenvalue weighted by Crippen LogP contribution is 2.28. The van der Waals surface area contributed by atoms with Crippen molar-refractivity contribution in [3.63, 3.8) is 0 Å². The van der Waals surface area contributed by atoms with Crippen molar-refractivity contribution >= 4 is 5.91 Å². The Labute approximate surface area is 147 Å². The van der Waals surface area contributed by atoms with Gasteiger partial charge in [-0.3, -0.25) is 9.78 Å². The van der Waals surface area contributed by atoms with Gasteiger partial charge in [0.05, 0.1) is 0 Å². The summed E-state index contributed by atoms with van der Waals surface area (Å²) in [6.07, 6.45) is 6.95. The topological polar surface area (TPSA) is 107 Å². The third-order valence-electron chi connectivity index (χ3n) is 4.78. The van der Waals surface area contributed by atoms with Crippen molar-refractivity contribution in [1.82, 2.24) is 20.4 Å². The summed E-state index contributed by atoms with van der Waals surface area (Å²) in [5, 5.41) is 7.05. The molecule has 3 N–H and O–H groups in total. The van der Waals surface area contributed by atoms with Crippen molar-refractivity contribution in [2.45, 2.75) is 51.6 Å². The number of hydrogen-bond acceptors (Lipinski definition) is 6. The van der Waals surface area contributed by atoms with E-state index in [4.69, 9.17) is 10.3 Å². The van der Waals surface area contributed by atoms with Crippen LogP contribution in [0.15, 0.2) is 29.0 Å². The Hall–Kier alpha value is -2.28. The molecule has 0 aliphatic heterocycles. The summed E-state index contributed by atoms with van der Waals surface area (Å²) in [5.74, 6) is 1.27. The number of nitrogens with one attached hydrogen (secondary N) is 1. The van der Waals surface area contributed by atoms with E-state index in [-0.39, 0.29) is 29.8 Å². The lowest BCUT2D eigenvalue weighted by Gasteiger charge is -2.21. The molecule has 2 aromatic heterocycles. The maximum absolute atomic E-state index is 12.4. The van der Waals surface area contributed by atoms with E-state index in [1.165, 1.54) is 0 Å². The first-order valence-electron chi connectivity index (χ1n) is 8.83. The van der Waals surface area contributed by atoms with Crippen LogP contribution in [0, 0.1) is 11.8 Å². The maximum atomic E-state index is 12.4. The SMILES string of the molecule is CC(C)C(NC(=O)C[C@@H]1CCC[C@H]1N)c1nc(-c2cccnc2)no1. The van der Waals surface area contributed by atoms with Gasteiger partial charge in [0, 0.05) is 30.4 Å². The second kappa shape index (κ2) is 7.74. The molecule has 7 nitrogen and oxygen atoms in total. The molecule has 3 rings (SSSR count). The quantitative estimate of drug-likeness (QED) is 0.834. The highest BCUT2D eigenvalue weighted by atomic mass is 16.5. The molecule has 1 fully saturated rings.